The van der Waals surface area contributed by atoms with Gasteiger partial charge in [-0.3, -0.25) is 4.98 Å². The van der Waals surface area contributed by atoms with Gasteiger partial charge in [0.25, 0.3) is 0 Å². The highest BCUT2D eigenvalue weighted by molar-refractivity contribution is 6.36. The van der Waals surface area contributed by atoms with Gasteiger partial charge in [0.05, 0.1) is 15.6 Å². The first-order chi connectivity index (χ1) is 13.8. The molecule has 2 heterocycles. The van der Waals surface area contributed by atoms with Gasteiger partial charge in [0.1, 0.15) is 17.2 Å². The third kappa shape index (κ3) is 3.78. The van der Waals surface area contributed by atoms with Gasteiger partial charge in [0.2, 0.25) is 0 Å². The summed E-state index contributed by atoms with van der Waals surface area (Å²) in [7, 11) is 0. The summed E-state index contributed by atoms with van der Waals surface area (Å²) in [6.07, 6.45) is 2.72. The molecule has 0 saturated heterocycles. The lowest BCUT2D eigenvalue weighted by molar-refractivity contribution is 0.0562. The molecule has 4 aromatic rings. The van der Waals surface area contributed by atoms with E-state index < -0.39 is 17.7 Å². The summed E-state index contributed by atoms with van der Waals surface area (Å²) < 4.78 is 28.8. The number of rotatable bonds is 4. The number of fused-ring (bicyclic) bond motifs is 1. The normalized spacial score (nSPS) is 12.3. The van der Waals surface area contributed by atoms with E-state index in [1.54, 1.807) is 31.5 Å². The van der Waals surface area contributed by atoms with Crippen molar-refractivity contribution in [3.05, 3.63) is 87.1 Å². The fraction of sp³-hybridized carbons (Fsp3) is 0.0952. The fourth-order valence-electron chi connectivity index (χ4n) is 3.05. The molecule has 2 aromatic heterocycles. The molecule has 0 bridgehead atoms. The van der Waals surface area contributed by atoms with E-state index in [9.17, 15) is 8.78 Å². The van der Waals surface area contributed by atoms with Crippen LogP contribution in [0, 0.1) is 11.6 Å². The van der Waals surface area contributed by atoms with E-state index in [0.29, 0.717) is 27.2 Å². The van der Waals surface area contributed by atoms with Crippen LogP contribution in [0.5, 0.6) is 0 Å². The van der Waals surface area contributed by atoms with Gasteiger partial charge in [-0.25, -0.2) is 8.78 Å². The van der Waals surface area contributed by atoms with Crippen molar-refractivity contribution in [3.8, 4) is 11.1 Å². The van der Waals surface area contributed by atoms with Crippen LogP contribution in [0.3, 0.4) is 0 Å². The molecule has 0 fully saturated rings. The summed E-state index contributed by atoms with van der Waals surface area (Å²) in [5.41, 5.74) is 3.15. The Bertz CT molecular complexity index is 1230. The van der Waals surface area contributed by atoms with Crippen LogP contribution < -0.4 is 4.84 Å². The number of hydrogen-bond donors (Lipinski definition) is 0. The zero-order valence-electron chi connectivity index (χ0n) is 15.0. The standard InChI is InChI=1S/C21H13Cl3F2N2O/c1-11(20-14(22)3-5-17(26)21(20)24)29-28-7-6-18-19(28)9-13(10-27-18)12-2-4-16(25)15(23)8-12/h2-11H,1H3. The Morgan fingerprint density at radius 1 is 0.931 bits per heavy atom. The summed E-state index contributed by atoms with van der Waals surface area (Å²) in [6.45, 7) is 1.72. The summed E-state index contributed by atoms with van der Waals surface area (Å²) in [5.74, 6) is -1.06. The summed E-state index contributed by atoms with van der Waals surface area (Å²) in [4.78, 5) is 10.4. The molecule has 4 rings (SSSR count). The van der Waals surface area contributed by atoms with Crippen molar-refractivity contribution in [2.45, 2.75) is 13.0 Å². The molecule has 0 N–H and O–H groups in total. The number of benzene rings is 2. The zero-order valence-corrected chi connectivity index (χ0v) is 17.2. The fourth-order valence-corrected chi connectivity index (χ4v) is 3.91. The van der Waals surface area contributed by atoms with Crippen LogP contribution in [-0.2, 0) is 0 Å². The lowest BCUT2D eigenvalue weighted by Crippen LogP contribution is -2.16. The van der Waals surface area contributed by atoms with Crippen LogP contribution in [0.4, 0.5) is 8.78 Å². The molecule has 0 amide bonds. The number of aromatic nitrogens is 2. The van der Waals surface area contributed by atoms with E-state index in [1.807, 2.05) is 6.07 Å². The van der Waals surface area contributed by atoms with Crippen LogP contribution in [0.2, 0.25) is 15.1 Å². The van der Waals surface area contributed by atoms with Gasteiger partial charge < -0.3 is 4.84 Å². The molecule has 0 aliphatic heterocycles. The van der Waals surface area contributed by atoms with E-state index in [1.165, 1.54) is 29.0 Å². The molecule has 8 heteroatoms. The first kappa shape index (κ1) is 20.0. The lowest BCUT2D eigenvalue weighted by Gasteiger charge is -2.19. The Labute approximate surface area is 180 Å². The van der Waals surface area contributed by atoms with Gasteiger partial charge in [-0.2, -0.15) is 4.73 Å². The molecule has 0 saturated carbocycles. The number of hydrogen-bond acceptors (Lipinski definition) is 2. The predicted molar refractivity (Wildman–Crippen MR) is 112 cm³/mol. The van der Waals surface area contributed by atoms with E-state index in [2.05, 4.69) is 4.98 Å². The van der Waals surface area contributed by atoms with Gasteiger partial charge in [0, 0.05) is 28.5 Å². The average molecular weight is 454 g/mol. The summed E-state index contributed by atoms with van der Waals surface area (Å²) >= 11 is 18.2. The smallest absolute Gasteiger partial charge is 0.150 e. The third-order valence-corrected chi connectivity index (χ3v) is 5.52. The van der Waals surface area contributed by atoms with Gasteiger partial charge in [-0.15, -0.1) is 0 Å². The Morgan fingerprint density at radius 2 is 1.69 bits per heavy atom. The van der Waals surface area contributed by atoms with Crippen molar-refractivity contribution in [2.24, 2.45) is 0 Å². The summed E-state index contributed by atoms with van der Waals surface area (Å²) in [5, 5.41) is 0.250. The van der Waals surface area contributed by atoms with Gasteiger partial charge in [0.15, 0.2) is 6.10 Å². The van der Waals surface area contributed by atoms with Crippen molar-refractivity contribution in [1.82, 2.24) is 9.71 Å². The monoisotopic (exact) mass is 452 g/mol. The van der Waals surface area contributed by atoms with Crippen LogP contribution in [0.15, 0.2) is 54.9 Å². The topological polar surface area (TPSA) is 27.1 Å². The Morgan fingerprint density at radius 3 is 2.45 bits per heavy atom. The molecule has 1 atom stereocenters. The number of pyridine rings is 1. The average Bonchev–Trinajstić information content (AvgIpc) is 3.09. The van der Waals surface area contributed by atoms with Crippen LogP contribution in [-0.4, -0.2) is 9.71 Å². The van der Waals surface area contributed by atoms with Crippen molar-refractivity contribution in [1.29, 1.82) is 0 Å². The maximum absolute atomic E-state index is 13.9. The van der Waals surface area contributed by atoms with Crippen molar-refractivity contribution in [3.63, 3.8) is 0 Å². The molecule has 3 nitrogen and oxygen atoms in total. The first-order valence-corrected chi connectivity index (χ1v) is 9.71. The highest BCUT2D eigenvalue weighted by Crippen LogP contribution is 2.34. The second kappa shape index (κ2) is 7.82. The second-order valence-electron chi connectivity index (χ2n) is 6.40. The largest absolute Gasteiger partial charge is 0.406 e. The molecule has 1 unspecified atom stereocenters. The van der Waals surface area contributed by atoms with Gasteiger partial charge >= 0.3 is 0 Å². The minimum Gasteiger partial charge on any atom is -0.406 e. The van der Waals surface area contributed by atoms with E-state index in [-0.39, 0.29) is 10.0 Å². The van der Waals surface area contributed by atoms with Crippen LogP contribution in [0.25, 0.3) is 22.2 Å². The predicted octanol–water partition coefficient (Wildman–Crippen LogP) is 7.13. The maximum atomic E-state index is 13.9. The minimum atomic E-state index is -0.634. The van der Waals surface area contributed by atoms with Crippen molar-refractivity contribution < 1.29 is 13.6 Å². The maximum Gasteiger partial charge on any atom is 0.150 e. The van der Waals surface area contributed by atoms with Crippen LogP contribution >= 0.6 is 34.8 Å². The quantitative estimate of drug-likeness (QED) is 0.307. The molecular formula is C21H13Cl3F2N2O. The summed E-state index contributed by atoms with van der Waals surface area (Å²) in [6, 6.07) is 10.7. The van der Waals surface area contributed by atoms with E-state index in [4.69, 9.17) is 39.6 Å². The molecule has 2 aromatic carbocycles. The van der Waals surface area contributed by atoms with Gasteiger partial charge in [-0.1, -0.05) is 40.9 Å². The molecule has 0 radical (unpaired) electrons. The molecule has 0 spiro atoms. The van der Waals surface area contributed by atoms with Crippen molar-refractivity contribution in [2.75, 3.05) is 0 Å². The molecule has 148 valence electrons. The Balaban J connectivity index is 1.72. The molecule has 0 aliphatic rings. The van der Waals surface area contributed by atoms with Gasteiger partial charge in [-0.05, 0) is 48.9 Å². The van der Waals surface area contributed by atoms with Crippen LogP contribution in [0.1, 0.15) is 18.6 Å². The third-order valence-electron chi connectivity index (χ3n) is 4.51. The Hall–Kier alpha value is -2.34. The Kier molecular flexibility index (Phi) is 5.38. The van der Waals surface area contributed by atoms with Crippen molar-refractivity contribution >= 4 is 45.8 Å². The highest BCUT2D eigenvalue weighted by Gasteiger charge is 2.20. The highest BCUT2D eigenvalue weighted by atomic mass is 35.5. The zero-order chi connectivity index (χ0) is 20.7. The molecule has 29 heavy (non-hydrogen) atoms. The number of nitrogens with zero attached hydrogens (tertiary/aromatic N) is 2. The van der Waals surface area contributed by atoms with E-state index in [0.717, 1.165) is 5.56 Å². The lowest BCUT2D eigenvalue weighted by atomic mass is 10.1. The van der Waals surface area contributed by atoms with E-state index >= 15 is 0 Å². The number of halogens is 5. The molecule has 0 aliphatic carbocycles. The second-order valence-corrected chi connectivity index (χ2v) is 7.60. The minimum absolute atomic E-state index is 0.0261. The molecular weight excluding hydrogens is 441 g/mol. The SMILES string of the molecule is CC(On1ccc2ncc(-c3ccc(F)c(Cl)c3)cc21)c1c(Cl)ccc(F)c1Cl. The first-order valence-electron chi connectivity index (χ1n) is 8.58.